The van der Waals surface area contributed by atoms with Crippen molar-refractivity contribution < 1.29 is 9.59 Å². The highest BCUT2D eigenvalue weighted by Crippen LogP contribution is 2.28. The van der Waals surface area contributed by atoms with E-state index in [1.807, 2.05) is 0 Å². The van der Waals surface area contributed by atoms with E-state index >= 15 is 0 Å². The molecule has 5 rings (SSSR count). The molecule has 6 bridgehead atoms. The smallest absolute Gasteiger partial charge is 0.237 e. The van der Waals surface area contributed by atoms with Crippen molar-refractivity contribution in [3.05, 3.63) is 42.1 Å². The lowest BCUT2D eigenvalue weighted by Gasteiger charge is -2.33. The molecule has 0 spiro atoms. The molecule has 1 amide bonds. The number of Topliss-reactive ketones (excluding diaryl/α,β-unsaturated/α-hetero) is 1. The fraction of sp³-hybridized carbons (Fsp3) is 0.458. The van der Waals surface area contributed by atoms with Gasteiger partial charge in [0.1, 0.15) is 0 Å². The van der Waals surface area contributed by atoms with E-state index in [1.165, 1.54) is 10.9 Å². The van der Waals surface area contributed by atoms with Gasteiger partial charge in [-0.25, -0.2) is 5.43 Å². The molecule has 3 aliphatic rings. The molecule has 0 radical (unpaired) electrons. The van der Waals surface area contributed by atoms with Crippen LogP contribution in [0.3, 0.4) is 0 Å². The predicted octanol–water partition coefficient (Wildman–Crippen LogP) is 3.86. The standard InChI is InChI=1S/C24H28N4O2/c29-23-5-1-2-13-27-15-12-17-6-7-18(16-22(17)27)20-10-8-19(25-20)9-11-24(30)28-14-3-4-21(23)26-28/h6-7,10,12,15-16,21,26H,1-5,8-9,11,13-14H2. The van der Waals surface area contributed by atoms with E-state index in [2.05, 4.69) is 46.5 Å². The third kappa shape index (κ3) is 3.84. The number of nitrogens with zero attached hydrogens (tertiary/aromatic N) is 3. The van der Waals surface area contributed by atoms with Crippen LogP contribution in [0, 0.1) is 0 Å². The minimum Gasteiger partial charge on any atom is -0.347 e. The Balaban J connectivity index is 1.42. The highest BCUT2D eigenvalue weighted by atomic mass is 16.2. The second-order valence-electron chi connectivity index (χ2n) is 8.55. The van der Waals surface area contributed by atoms with Crippen LogP contribution in [0.4, 0.5) is 0 Å². The molecule has 1 aromatic heterocycles. The van der Waals surface area contributed by atoms with Gasteiger partial charge >= 0.3 is 0 Å². The zero-order valence-electron chi connectivity index (χ0n) is 17.3. The number of hydrogen-bond acceptors (Lipinski definition) is 4. The molecular weight excluding hydrogens is 376 g/mol. The number of amides is 1. The van der Waals surface area contributed by atoms with Crippen molar-refractivity contribution in [1.82, 2.24) is 15.0 Å². The van der Waals surface area contributed by atoms with Crippen LogP contribution in [0.2, 0.25) is 0 Å². The van der Waals surface area contributed by atoms with E-state index in [4.69, 9.17) is 4.99 Å². The maximum atomic E-state index is 12.7. The number of aliphatic imine (C=N–C) groups is 1. The molecule has 4 heterocycles. The zero-order chi connectivity index (χ0) is 20.5. The molecule has 0 aliphatic carbocycles. The number of fused-ring (bicyclic) bond motifs is 5. The second kappa shape index (κ2) is 8.19. The van der Waals surface area contributed by atoms with Crippen molar-refractivity contribution in [2.75, 3.05) is 6.54 Å². The fourth-order valence-corrected chi connectivity index (χ4v) is 4.70. The van der Waals surface area contributed by atoms with Crippen molar-refractivity contribution in [3.8, 4) is 0 Å². The van der Waals surface area contributed by atoms with Gasteiger partial charge in [0.2, 0.25) is 5.91 Å². The third-order valence-corrected chi connectivity index (χ3v) is 6.45. The van der Waals surface area contributed by atoms with Gasteiger partial charge in [0.25, 0.3) is 0 Å². The van der Waals surface area contributed by atoms with E-state index in [1.54, 1.807) is 5.01 Å². The number of allylic oxidation sites excluding steroid dienone is 1. The summed E-state index contributed by atoms with van der Waals surface area (Å²) < 4.78 is 2.28. The van der Waals surface area contributed by atoms with Crippen molar-refractivity contribution in [2.24, 2.45) is 4.99 Å². The number of hydrogen-bond donors (Lipinski definition) is 1. The highest BCUT2D eigenvalue weighted by molar-refractivity contribution is 5.98. The van der Waals surface area contributed by atoms with Crippen LogP contribution < -0.4 is 5.43 Å². The number of aryl methyl sites for hydroxylation is 1. The first-order valence-electron chi connectivity index (χ1n) is 11.1. The first kappa shape index (κ1) is 19.2. The largest absolute Gasteiger partial charge is 0.347 e. The number of carbonyl (C=O) groups is 2. The molecular formula is C24H28N4O2. The molecule has 1 fully saturated rings. The number of carbonyl (C=O) groups excluding carboxylic acids is 2. The molecule has 1 N–H and O–H groups in total. The summed E-state index contributed by atoms with van der Waals surface area (Å²) in [5.74, 6) is 0.284. The molecule has 6 heteroatoms. The Morgan fingerprint density at radius 1 is 1.00 bits per heavy atom. The van der Waals surface area contributed by atoms with Gasteiger partial charge < -0.3 is 4.57 Å². The lowest BCUT2D eigenvalue weighted by molar-refractivity contribution is -0.138. The molecule has 1 atom stereocenters. The summed E-state index contributed by atoms with van der Waals surface area (Å²) in [4.78, 5) is 30.2. The minimum absolute atomic E-state index is 0.0593. The minimum atomic E-state index is -0.228. The summed E-state index contributed by atoms with van der Waals surface area (Å²) in [6.45, 7) is 1.57. The second-order valence-corrected chi connectivity index (χ2v) is 8.55. The Morgan fingerprint density at radius 2 is 1.93 bits per heavy atom. The van der Waals surface area contributed by atoms with Crippen LogP contribution in [-0.2, 0) is 16.1 Å². The Bertz CT molecular complexity index is 1050. The van der Waals surface area contributed by atoms with Crippen molar-refractivity contribution in [3.63, 3.8) is 0 Å². The fourth-order valence-electron chi connectivity index (χ4n) is 4.70. The van der Waals surface area contributed by atoms with Crippen LogP contribution >= 0.6 is 0 Å². The summed E-state index contributed by atoms with van der Waals surface area (Å²) in [6.07, 6.45) is 10.3. The van der Waals surface area contributed by atoms with Crippen LogP contribution in [0.15, 0.2) is 41.5 Å². The van der Waals surface area contributed by atoms with Crippen LogP contribution in [-0.4, -0.2) is 39.6 Å². The highest BCUT2D eigenvalue weighted by Gasteiger charge is 2.27. The predicted molar refractivity (Wildman–Crippen MR) is 118 cm³/mol. The normalized spacial score (nSPS) is 23.3. The Hall–Kier alpha value is -2.73. The molecule has 1 saturated heterocycles. The maximum absolute atomic E-state index is 12.7. The number of aromatic nitrogens is 1. The molecule has 0 saturated carbocycles. The first-order chi connectivity index (χ1) is 14.7. The monoisotopic (exact) mass is 404 g/mol. The molecule has 30 heavy (non-hydrogen) atoms. The number of benzene rings is 1. The number of hydrazine groups is 1. The first-order valence-corrected chi connectivity index (χ1v) is 11.1. The van der Waals surface area contributed by atoms with Crippen LogP contribution in [0.25, 0.3) is 16.6 Å². The van der Waals surface area contributed by atoms with Gasteiger partial charge in [-0.1, -0.05) is 18.2 Å². The van der Waals surface area contributed by atoms with Crippen molar-refractivity contribution in [2.45, 2.75) is 64.0 Å². The summed E-state index contributed by atoms with van der Waals surface area (Å²) in [5.41, 5.74) is 7.60. The molecule has 1 unspecified atom stereocenters. The zero-order valence-corrected chi connectivity index (χ0v) is 17.3. The lowest BCUT2D eigenvalue weighted by atomic mass is 10.0. The topological polar surface area (TPSA) is 66.7 Å². The van der Waals surface area contributed by atoms with E-state index in [-0.39, 0.29) is 17.7 Å². The van der Waals surface area contributed by atoms with Gasteiger partial charge in [0.05, 0.1) is 11.7 Å². The molecule has 1 aromatic carbocycles. The van der Waals surface area contributed by atoms with Crippen molar-refractivity contribution >= 4 is 34.0 Å². The molecule has 2 aromatic rings. The summed E-state index contributed by atoms with van der Waals surface area (Å²) in [7, 11) is 0. The Kier molecular flexibility index (Phi) is 5.25. The quantitative estimate of drug-likeness (QED) is 0.725. The maximum Gasteiger partial charge on any atom is 0.237 e. The van der Waals surface area contributed by atoms with E-state index < -0.39 is 0 Å². The summed E-state index contributed by atoms with van der Waals surface area (Å²) in [6, 6.07) is 8.42. The van der Waals surface area contributed by atoms with E-state index in [0.717, 1.165) is 55.6 Å². The van der Waals surface area contributed by atoms with Crippen LogP contribution in [0.5, 0.6) is 0 Å². The van der Waals surface area contributed by atoms with Gasteiger partial charge in [-0.15, -0.1) is 0 Å². The summed E-state index contributed by atoms with van der Waals surface area (Å²) >= 11 is 0. The molecule has 6 nitrogen and oxygen atoms in total. The van der Waals surface area contributed by atoms with Gasteiger partial charge in [0.15, 0.2) is 5.78 Å². The SMILES string of the molecule is O=C1CCCCn2ccc3ccc(cc32)C2=CCC(=N2)CCC(=O)N2CCCC1N2. The van der Waals surface area contributed by atoms with Crippen molar-refractivity contribution in [1.29, 1.82) is 0 Å². The van der Waals surface area contributed by atoms with Gasteiger partial charge in [-0.2, -0.15) is 0 Å². The Morgan fingerprint density at radius 3 is 2.87 bits per heavy atom. The third-order valence-electron chi connectivity index (χ3n) is 6.45. The summed E-state index contributed by atoms with van der Waals surface area (Å²) in [5, 5.41) is 2.89. The van der Waals surface area contributed by atoms with E-state index in [9.17, 15) is 9.59 Å². The number of nitrogens with one attached hydrogen (secondary N) is 1. The van der Waals surface area contributed by atoms with Gasteiger partial charge in [-0.3, -0.25) is 19.6 Å². The number of rotatable bonds is 0. The number of ketones is 1. The Labute approximate surface area is 176 Å². The molecule has 3 aliphatic heterocycles. The average Bonchev–Trinajstić information content (AvgIpc) is 3.41. The lowest BCUT2D eigenvalue weighted by Crippen LogP contribution is -2.55. The van der Waals surface area contributed by atoms with Gasteiger partial charge in [0, 0.05) is 55.3 Å². The van der Waals surface area contributed by atoms with Crippen LogP contribution in [0.1, 0.15) is 56.9 Å². The van der Waals surface area contributed by atoms with E-state index in [0.29, 0.717) is 25.8 Å². The van der Waals surface area contributed by atoms with Gasteiger partial charge in [-0.05, 0) is 49.6 Å². The average molecular weight is 405 g/mol. The molecule has 156 valence electrons.